The molecule has 1 aromatic rings. The van der Waals surface area contributed by atoms with Crippen molar-refractivity contribution in [2.24, 2.45) is 17.8 Å². The number of fused-ring (bicyclic) bond motifs is 1. The standard InChI is InChI=1S/C17H23N3O2S/c1-10-2-5-13-14(6-10)23-17(18-13)19-16(22)12-7-15(21)20(9-12)8-11-3-4-11/h10-12H,2-9H2,1H3,(H,18,19,22)/t10-,12+/m1/s1. The van der Waals surface area contributed by atoms with E-state index in [1.54, 1.807) is 11.3 Å². The number of aryl methyl sites for hydroxylation is 1. The van der Waals surface area contributed by atoms with E-state index in [1.165, 1.54) is 24.1 Å². The fraction of sp³-hybridized carbons (Fsp3) is 0.706. The second-order valence-electron chi connectivity index (χ2n) is 7.37. The van der Waals surface area contributed by atoms with E-state index in [-0.39, 0.29) is 17.7 Å². The molecule has 1 N–H and O–H groups in total. The van der Waals surface area contributed by atoms with E-state index >= 15 is 0 Å². The lowest BCUT2D eigenvalue weighted by atomic mass is 9.93. The first-order chi connectivity index (χ1) is 11.1. The number of likely N-dealkylation sites (tertiary alicyclic amines) is 1. The minimum absolute atomic E-state index is 0.0456. The molecule has 1 saturated carbocycles. The van der Waals surface area contributed by atoms with Gasteiger partial charge in [0.15, 0.2) is 5.13 Å². The number of rotatable bonds is 4. The third-order valence-corrected chi connectivity index (χ3v) is 6.21. The van der Waals surface area contributed by atoms with Crippen LogP contribution in [0.3, 0.4) is 0 Å². The molecule has 5 nitrogen and oxygen atoms in total. The molecule has 2 fully saturated rings. The minimum atomic E-state index is -0.221. The molecule has 6 heteroatoms. The number of anilines is 1. The SMILES string of the molecule is C[C@@H]1CCc2nc(NC(=O)[C@H]3CC(=O)N(CC4CC4)C3)sc2C1. The Morgan fingerprint density at radius 1 is 1.35 bits per heavy atom. The highest BCUT2D eigenvalue weighted by molar-refractivity contribution is 7.15. The molecule has 1 saturated heterocycles. The Morgan fingerprint density at radius 2 is 2.17 bits per heavy atom. The number of thiazole rings is 1. The van der Waals surface area contributed by atoms with Gasteiger partial charge in [0.25, 0.3) is 0 Å². The molecule has 0 bridgehead atoms. The lowest BCUT2D eigenvalue weighted by Crippen LogP contribution is -2.29. The van der Waals surface area contributed by atoms with E-state index in [4.69, 9.17) is 0 Å². The van der Waals surface area contributed by atoms with Gasteiger partial charge in [-0.25, -0.2) is 4.98 Å². The summed E-state index contributed by atoms with van der Waals surface area (Å²) in [7, 11) is 0. The Kier molecular flexibility index (Phi) is 3.87. The monoisotopic (exact) mass is 333 g/mol. The zero-order valence-electron chi connectivity index (χ0n) is 13.5. The van der Waals surface area contributed by atoms with E-state index in [1.807, 2.05) is 4.90 Å². The highest BCUT2D eigenvalue weighted by atomic mass is 32.1. The Balaban J connectivity index is 1.37. The Hall–Kier alpha value is -1.43. The van der Waals surface area contributed by atoms with Crippen LogP contribution in [0.1, 0.15) is 43.2 Å². The molecular weight excluding hydrogens is 310 g/mol. The second kappa shape index (κ2) is 5.89. The molecule has 1 aromatic heterocycles. The molecule has 1 aliphatic heterocycles. The summed E-state index contributed by atoms with van der Waals surface area (Å²) in [5.74, 6) is 1.24. The third-order valence-electron chi connectivity index (χ3n) is 5.18. The van der Waals surface area contributed by atoms with Gasteiger partial charge in [0.2, 0.25) is 11.8 Å². The van der Waals surface area contributed by atoms with Gasteiger partial charge in [0, 0.05) is 24.4 Å². The van der Waals surface area contributed by atoms with Crippen LogP contribution in [0.2, 0.25) is 0 Å². The first kappa shape index (κ1) is 15.1. The number of hydrogen-bond donors (Lipinski definition) is 1. The van der Waals surface area contributed by atoms with Gasteiger partial charge in [-0.3, -0.25) is 9.59 Å². The zero-order valence-corrected chi connectivity index (χ0v) is 14.3. The average molecular weight is 333 g/mol. The summed E-state index contributed by atoms with van der Waals surface area (Å²) in [4.78, 5) is 32.3. The van der Waals surface area contributed by atoms with Crippen LogP contribution in [0.4, 0.5) is 5.13 Å². The number of nitrogens with zero attached hydrogens (tertiary/aromatic N) is 2. The highest BCUT2D eigenvalue weighted by Gasteiger charge is 2.37. The van der Waals surface area contributed by atoms with E-state index in [2.05, 4.69) is 17.2 Å². The van der Waals surface area contributed by atoms with Crippen molar-refractivity contribution < 1.29 is 9.59 Å². The molecule has 4 rings (SSSR count). The Labute approximate surface area is 140 Å². The highest BCUT2D eigenvalue weighted by Crippen LogP contribution is 2.34. The third kappa shape index (κ3) is 3.27. The molecule has 0 radical (unpaired) electrons. The largest absolute Gasteiger partial charge is 0.342 e. The molecule has 3 aliphatic rings. The summed E-state index contributed by atoms with van der Waals surface area (Å²) in [5, 5.41) is 3.67. The normalized spacial score (nSPS) is 27.2. The van der Waals surface area contributed by atoms with Crippen LogP contribution in [-0.2, 0) is 22.4 Å². The Morgan fingerprint density at radius 3 is 2.96 bits per heavy atom. The van der Waals surface area contributed by atoms with Crippen molar-refractivity contribution in [3.05, 3.63) is 10.6 Å². The topological polar surface area (TPSA) is 62.3 Å². The second-order valence-corrected chi connectivity index (χ2v) is 8.45. The van der Waals surface area contributed by atoms with Crippen LogP contribution in [0.5, 0.6) is 0 Å². The predicted octanol–water partition coefficient (Wildman–Crippen LogP) is 2.46. The maximum absolute atomic E-state index is 12.5. The van der Waals surface area contributed by atoms with Gasteiger partial charge < -0.3 is 10.2 Å². The van der Waals surface area contributed by atoms with Gasteiger partial charge in [0.1, 0.15) is 0 Å². The number of carbonyl (C=O) groups is 2. The summed E-state index contributed by atoms with van der Waals surface area (Å²) < 4.78 is 0. The first-order valence-corrected chi connectivity index (χ1v) is 9.47. The van der Waals surface area contributed by atoms with Crippen molar-refractivity contribution in [1.29, 1.82) is 0 Å². The Bertz CT molecular complexity index is 638. The number of hydrogen-bond acceptors (Lipinski definition) is 4. The van der Waals surface area contributed by atoms with E-state index < -0.39 is 0 Å². The summed E-state index contributed by atoms with van der Waals surface area (Å²) >= 11 is 1.61. The molecule has 0 unspecified atom stereocenters. The minimum Gasteiger partial charge on any atom is -0.342 e. The van der Waals surface area contributed by atoms with Gasteiger partial charge in [-0.15, -0.1) is 11.3 Å². The predicted molar refractivity (Wildman–Crippen MR) is 89.3 cm³/mol. The van der Waals surface area contributed by atoms with Gasteiger partial charge in [0.05, 0.1) is 11.6 Å². The van der Waals surface area contributed by atoms with E-state index in [0.29, 0.717) is 29.9 Å². The fourth-order valence-electron chi connectivity index (χ4n) is 3.54. The summed E-state index contributed by atoms with van der Waals surface area (Å²) in [5.41, 5.74) is 1.15. The van der Waals surface area contributed by atoms with Crippen molar-refractivity contribution in [2.45, 2.75) is 45.4 Å². The molecule has 124 valence electrons. The van der Waals surface area contributed by atoms with Gasteiger partial charge in [-0.2, -0.15) is 0 Å². The van der Waals surface area contributed by atoms with Crippen LogP contribution in [-0.4, -0.2) is 34.8 Å². The lowest BCUT2D eigenvalue weighted by molar-refractivity contribution is -0.128. The van der Waals surface area contributed by atoms with Crippen molar-refractivity contribution in [2.75, 3.05) is 18.4 Å². The maximum Gasteiger partial charge on any atom is 0.231 e. The van der Waals surface area contributed by atoms with Gasteiger partial charge >= 0.3 is 0 Å². The van der Waals surface area contributed by atoms with Crippen molar-refractivity contribution in [1.82, 2.24) is 9.88 Å². The molecule has 2 amide bonds. The smallest absolute Gasteiger partial charge is 0.231 e. The van der Waals surface area contributed by atoms with Crippen LogP contribution >= 0.6 is 11.3 Å². The molecule has 0 spiro atoms. The van der Waals surface area contributed by atoms with Gasteiger partial charge in [-0.1, -0.05) is 6.92 Å². The zero-order chi connectivity index (χ0) is 16.0. The lowest BCUT2D eigenvalue weighted by Gasteiger charge is -2.15. The van der Waals surface area contributed by atoms with Crippen molar-refractivity contribution in [3.8, 4) is 0 Å². The summed E-state index contributed by atoms with van der Waals surface area (Å²) in [6, 6.07) is 0. The number of nitrogens with one attached hydrogen (secondary N) is 1. The maximum atomic E-state index is 12.5. The molecular formula is C17H23N3O2S. The van der Waals surface area contributed by atoms with Crippen LogP contribution < -0.4 is 5.32 Å². The number of carbonyl (C=O) groups excluding carboxylic acids is 2. The van der Waals surface area contributed by atoms with Crippen LogP contribution in [0.15, 0.2) is 0 Å². The van der Waals surface area contributed by atoms with Crippen molar-refractivity contribution >= 4 is 28.3 Å². The fourth-order valence-corrected chi connectivity index (χ4v) is 4.71. The number of aromatic nitrogens is 1. The average Bonchev–Trinajstić information content (AvgIpc) is 3.12. The van der Waals surface area contributed by atoms with Crippen LogP contribution in [0, 0.1) is 17.8 Å². The molecule has 2 heterocycles. The molecule has 23 heavy (non-hydrogen) atoms. The first-order valence-electron chi connectivity index (χ1n) is 8.65. The quantitative estimate of drug-likeness (QED) is 0.921. The van der Waals surface area contributed by atoms with Crippen molar-refractivity contribution in [3.63, 3.8) is 0 Å². The molecule has 2 aliphatic carbocycles. The summed E-state index contributed by atoms with van der Waals surface area (Å²) in [6.45, 7) is 3.68. The van der Waals surface area contributed by atoms with E-state index in [9.17, 15) is 9.59 Å². The van der Waals surface area contributed by atoms with E-state index in [0.717, 1.165) is 25.1 Å². The molecule has 2 atom stereocenters. The number of amides is 2. The molecule has 0 aromatic carbocycles. The summed E-state index contributed by atoms with van der Waals surface area (Å²) in [6.07, 6.45) is 6.06. The van der Waals surface area contributed by atoms with Gasteiger partial charge in [-0.05, 0) is 43.9 Å². The van der Waals surface area contributed by atoms with Crippen LogP contribution in [0.25, 0.3) is 0 Å².